The fraction of sp³-hybridized carbons (Fsp3) is 0.542. The third-order valence-electron chi connectivity index (χ3n) is 5.53. The summed E-state index contributed by atoms with van der Waals surface area (Å²) in [6.45, 7) is 2.24. The molecule has 4 nitrogen and oxygen atoms in total. The van der Waals surface area contributed by atoms with Crippen molar-refractivity contribution in [3.63, 3.8) is 0 Å². The predicted molar refractivity (Wildman–Crippen MR) is 120 cm³/mol. The molecule has 1 aromatic heterocycles. The van der Waals surface area contributed by atoms with Crippen molar-refractivity contribution in [3.8, 4) is 0 Å². The van der Waals surface area contributed by atoms with E-state index >= 15 is 0 Å². The number of sulfone groups is 1. The summed E-state index contributed by atoms with van der Waals surface area (Å²) in [7, 11) is -3.75. The summed E-state index contributed by atoms with van der Waals surface area (Å²) in [5.41, 5.74) is 7.00. The van der Waals surface area contributed by atoms with Gasteiger partial charge in [-0.05, 0) is 30.7 Å². The molecule has 0 bridgehead atoms. The molecule has 29 heavy (non-hydrogen) atoms. The normalized spacial score (nSPS) is 13.9. The topological polar surface area (TPSA) is 73.0 Å². The van der Waals surface area contributed by atoms with E-state index in [9.17, 15) is 8.42 Å². The van der Waals surface area contributed by atoms with Crippen LogP contribution in [0.4, 0.5) is 0 Å². The second kappa shape index (κ2) is 12.1. The molecule has 0 aliphatic rings. The molecule has 1 heterocycles. The lowest BCUT2D eigenvalue weighted by Gasteiger charge is -2.29. The minimum Gasteiger partial charge on any atom is -0.307 e. The van der Waals surface area contributed by atoms with E-state index in [0.717, 1.165) is 19.3 Å². The van der Waals surface area contributed by atoms with Crippen LogP contribution in [0.1, 0.15) is 83.2 Å². The number of rotatable bonds is 14. The quantitative estimate of drug-likeness (QED) is 0.385. The number of pyridine rings is 1. The average molecular weight is 417 g/mol. The Hall–Kier alpha value is -1.72. The number of benzene rings is 1. The van der Waals surface area contributed by atoms with E-state index in [0.29, 0.717) is 12.1 Å². The Morgan fingerprint density at radius 3 is 1.90 bits per heavy atom. The molecule has 1 aromatic carbocycles. The van der Waals surface area contributed by atoms with E-state index in [1.54, 1.807) is 54.7 Å². The maximum Gasteiger partial charge on any atom is 0.202 e. The first-order valence-electron chi connectivity index (χ1n) is 11.0. The van der Waals surface area contributed by atoms with E-state index < -0.39 is 14.7 Å². The largest absolute Gasteiger partial charge is 0.307 e. The summed E-state index contributed by atoms with van der Waals surface area (Å²) in [5.74, 6) is 0. The number of nitrogens with two attached hydrogens (primary N) is 1. The second-order valence-electron chi connectivity index (χ2n) is 7.85. The zero-order chi connectivity index (χ0) is 21.0. The molecule has 0 saturated carbocycles. The zero-order valence-electron chi connectivity index (χ0n) is 17.7. The molecule has 2 N–H and O–H groups in total. The van der Waals surface area contributed by atoms with Crippen LogP contribution in [-0.4, -0.2) is 13.4 Å². The van der Waals surface area contributed by atoms with E-state index in [-0.39, 0.29) is 4.90 Å². The van der Waals surface area contributed by atoms with Crippen LogP contribution in [0.5, 0.6) is 0 Å². The molecular formula is C24H36N2O2S. The Bertz CT molecular complexity index is 794. The zero-order valence-corrected chi connectivity index (χ0v) is 18.5. The summed E-state index contributed by atoms with van der Waals surface area (Å²) in [6, 6.07) is 13.8. The van der Waals surface area contributed by atoms with Crippen LogP contribution >= 0.6 is 0 Å². The molecule has 0 amide bonds. The van der Waals surface area contributed by atoms with Gasteiger partial charge in [0.15, 0.2) is 4.87 Å². The van der Waals surface area contributed by atoms with Crippen molar-refractivity contribution in [2.75, 3.05) is 0 Å². The van der Waals surface area contributed by atoms with Gasteiger partial charge in [-0.25, -0.2) is 8.42 Å². The molecule has 0 saturated heterocycles. The molecular weight excluding hydrogens is 380 g/mol. The predicted octanol–water partition coefficient (Wildman–Crippen LogP) is 5.98. The number of hydrogen-bond donors (Lipinski definition) is 1. The Kier molecular flexibility index (Phi) is 9.82. The highest BCUT2D eigenvalue weighted by Crippen LogP contribution is 2.34. The Labute approximate surface area is 176 Å². The first-order chi connectivity index (χ1) is 14.0. The summed E-state index contributed by atoms with van der Waals surface area (Å²) < 4.78 is 26.8. The van der Waals surface area contributed by atoms with Crippen molar-refractivity contribution in [2.45, 2.75) is 87.3 Å². The van der Waals surface area contributed by atoms with Gasteiger partial charge in [-0.3, -0.25) is 4.98 Å². The van der Waals surface area contributed by atoms with Gasteiger partial charge in [0.2, 0.25) is 9.84 Å². The number of hydrogen-bond acceptors (Lipinski definition) is 4. The van der Waals surface area contributed by atoms with Gasteiger partial charge in [0.1, 0.15) is 0 Å². The molecule has 0 radical (unpaired) electrons. The molecule has 2 rings (SSSR count). The van der Waals surface area contributed by atoms with Crippen LogP contribution in [0.15, 0.2) is 59.6 Å². The van der Waals surface area contributed by atoms with Crippen LogP contribution in [0.2, 0.25) is 0 Å². The van der Waals surface area contributed by atoms with Gasteiger partial charge >= 0.3 is 0 Å². The standard InChI is InChI=1S/C24H36N2O2S/c1-2-3-4-5-6-7-8-9-10-15-20-24(25,23-19-14-16-21-26-23)29(27,28)22-17-12-11-13-18-22/h11-14,16-19,21H,2-10,15,20,25H2,1H3. The van der Waals surface area contributed by atoms with Crippen LogP contribution < -0.4 is 5.73 Å². The van der Waals surface area contributed by atoms with Crippen LogP contribution in [0, 0.1) is 0 Å². The third-order valence-corrected chi connectivity index (χ3v) is 7.80. The van der Waals surface area contributed by atoms with Crippen LogP contribution in [-0.2, 0) is 14.7 Å². The summed E-state index contributed by atoms with van der Waals surface area (Å²) in [6.07, 6.45) is 13.9. The Morgan fingerprint density at radius 2 is 1.34 bits per heavy atom. The number of unbranched alkanes of at least 4 members (excludes halogenated alkanes) is 9. The minimum absolute atomic E-state index is 0.250. The van der Waals surface area contributed by atoms with E-state index in [1.165, 1.54) is 44.9 Å². The number of nitrogens with zero attached hydrogens (tertiary/aromatic N) is 1. The van der Waals surface area contributed by atoms with Crippen molar-refractivity contribution in [1.82, 2.24) is 4.98 Å². The molecule has 0 fully saturated rings. The SMILES string of the molecule is CCCCCCCCCCCCC(N)(c1ccccn1)S(=O)(=O)c1ccccc1. The summed E-state index contributed by atoms with van der Waals surface area (Å²) in [5, 5.41) is 0. The first kappa shape index (κ1) is 23.6. The van der Waals surface area contributed by atoms with Crippen LogP contribution in [0.25, 0.3) is 0 Å². The van der Waals surface area contributed by atoms with Crippen molar-refractivity contribution in [3.05, 3.63) is 60.4 Å². The molecule has 160 valence electrons. The van der Waals surface area contributed by atoms with Crippen molar-refractivity contribution in [1.29, 1.82) is 0 Å². The fourth-order valence-corrected chi connectivity index (χ4v) is 5.44. The lowest BCUT2D eigenvalue weighted by atomic mass is 10.0. The Balaban J connectivity index is 1.95. The van der Waals surface area contributed by atoms with Crippen molar-refractivity contribution < 1.29 is 8.42 Å². The highest BCUT2D eigenvalue weighted by Gasteiger charge is 2.43. The number of aromatic nitrogens is 1. The lowest BCUT2D eigenvalue weighted by Crippen LogP contribution is -2.45. The van der Waals surface area contributed by atoms with Gasteiger partial charge in [0.25, 0.3) is 0 Å². The maximum absolute atomic E-state index is 13.4. The highest BCUT2D eigenvalue weighted by atomic mass is 32.2. The molecule has 0 spiro atoms. The minimum atomic E-state index is -3.75. The monoisotopic (exact) mass is 416 g/mol. The van der Waals surface area contributed by atoms with E-state index in [1.807, 2.05) is 0 Å². The van der Waals surface area contributed by atoms with Crippen LogP contribution in [0.3, 0.4) is 0 Å². The fourth-order valence-electron chi connectivity index (χ4n) is 3.70. The summed E-state index contributed by atoms with van der Waals surface area (Å²) in [4.78, 5) is 3.05. The first-order valence-corrected chi connectivity index (χ1v) is 12.5. The lowest BCUT2D eigenvalue weighted by molar-refractivity contribution is 0.463. The van der Waals surface area contributed by atoms with Gasteiger partial charge in [0.05, 0.1) is 10.6 Å². The molecule has 2 aromatic rings. The summed E-state index contributed by atoms with van der Waals surface area (Å²) >= 11 is 0. The van der Waals surface area contributed by atoms with Crippen molar-refractivity contribution >= 4 is 9.84 Å². The molecule has 0 aliphatic heterocycles. The van der Waals surface area contributed by atoms with E-state index in [4.69, 9.17) is 5.73 Å². The van der Waals surface area contributed by atoms with Crippen molar-refractivity contribution in [2.24, 2.45) is 5.73 Å². The van der Waals surface area contributed by atoms with Gasteiger partial charge in [-0.15, -0.1) is 0 Å². The third kappa shape index (κ3) is 6.65. The van der Waals surface area contributed by atoms with Gasteiger partial charge in [0, 0.05) is 6.20 Å². The maximum atomic E-state index is 13.4. The molecule has 0 aliphatic carbocycles. The highest BCUT2D eigenvalue weighted by molar-refractivity contribution is 7.92. The van der Waals surface area contributed by atoms with E-state index in [2.05, 4.69) is 11.9 Å². The molecule has 5 heteroatoms. The smallest absolute Gasteiger partial charge is 0.202 e. The van der Waals surface area contributed by atoms with Gasteiger partial charge in [-0.2, -0.15) is 0 Å². The van der Waals surface area contributed by atoms with Gasteiger partial charge in [-0.1, -0.05) is 95.4 Å². The Morgan fingerprint density at radius 1 is 0.793 bits per heavy atom. The average Bonchev–Trinajstić information content (AvgIpc) is 2.76. The molecule has 1 unspecified atom stereocenters. The van der Waals surface area contributed by atoms with Gasteiger partial charge < -0.3 is 5.73 Å². The molecule has 1 atom stereocenters. The second-order valence-corrected chi connectivity index (χ2v) is 10.1.